The summed E-state index contributed by atoms with van der Waals surface area (Å²) in [4.78, 5) is 22.3. The Hall–Kier alpha value is -2.86. The van der Waals surface area contributed by atoms with Crippen LogP contribution in [0.5, 0.6) is 0 Å². The van der Waals surface area contributed by atoms with E-state index in [1.54, 1.807) is 22.7 Å². The maximum atomic E-state index is 13.4. The molecule has 28 heavy (non-hydrogen) atoms. The molecule has 4 rings (SSSR count). The summed E-state index contributed by atoms with van der Waals surface area (Å²) >= 11 is 1.68. The number of thioether (sulfide) groups is 1. The Morgan fingerprint density at radius 3 is 2.07 bits per heavy atom. The smallest absolute Gasteiger partial charge is 0.284 e. The molecule has 2 heterocycles. The minimum Gasteiger partial charge on any atom is -0.284 e. The third kappa shape index (κ3) is 3.73. The second-order valence-electron chi connectivity index (χ2n) is 6.63. The van der Waals surface area contributed by atoms with Gasteiger partial charge in [0.15, 0.2) is 5.65 Å². The van der Waals surface area contributed by atoms with Crippen LogP contribution >= 0.6 is 11.8 Å². The molecule has 0 saturated heterocycles. The molecule has 0 radical (unpaired) electrons. The van der Waals surface area contributed by atoms with Crippen LogP contribution in [-0.4, -0.2) is 24.9 Å². The Balaban J connectivity index is 1.87. The van der Waals surface area contributed by atoms with Crippen LogP contribution < -0.4 is 5.69 Å². The van der Waals surface area contributed by atoms with Gasteiger partial charge in [-0.05, 0) is 23.3 Å². The number of hydrogen-bond acceptors (Lipinski definition) is 4. The van der Waals surface area contributed by atoms with E-state index in [4.69, 9.17) is 0 Å². The molecular weight excluding hydrogens is 368 g/mol. The molecule has 0 bridgehead atoms. The molecule has 0 amide bonds. The second kappa shape index (κ2) is 8.44. The summed E-state index contributed by atoms with van der Waals surface area (Å²) in [5, 5.41) is 0.867. The van der Waals surface area contributed by atoms with E-state index >= 15 is 0 Å². The van der Waals surface area contributed by atoms with E-state index in [9.17, 15) is 4.79 Å². The Morgan fingerprint density at radius 2 is 1.46 bits per heavy atom. The van der Waals surface area contributed by atoms with Crippen LogP contribution in [0.2, 0.25) is 0 Å². The van der Waals surface area contributed by atoms with Crippen LogP contribution in [0.25, 0.3) is 11.2 Å². The summed E-state index contributed by atoms with van der Waals surface area (Å²) in [5.74, 6) is 0.954. The van der Waals surface area contributed by atoms with Gasteiger partial charge in [0.25, 0.3) is 0 Å². The normalized spacial score (nSPS) is 11.2. The van der Waals surface area contributed by atoms with Gasteiger partial charge in [0.1, 0.15) is 16.9 Å². The molecule has 0 atom stereocenters. The van der Waals surface area contributed by atoms with Crippen molar-refractivity contribution in [3.05, 3.63) is 88.6 Å². The Bertz CT molecular complexity index is 1120. The fourth-order valence-electron chi connectivity index (χ4n) is 3.25. The first-order valence-corrected chi connectivity index (χ1v) is 10.4. The highest BCUT2D eigenvalue weighted by Gasteiger charge is 2.19. The monoisotopic (exact) mass is 390 g/mol. The maximum absolute atomic E-state index is 13.4. The number of hydrogen-bond donors (Lipinski definition) is 0. The minimum atomic E-state index is -0.0541. The maximum Gasteiger partial charge on any atom is 0.331 e. The molecule has 6 heteroatoms. The van der Waals surface area contributed by atoms with Crippen molar-refractivity contribution in [1.82, 2.24) is 19.1 Å². The highest BCUT2D eigenvalue weighted by molar-refractivity contribution is 7.99. The summed E-state index contributed by atoms with van der Waals surface area (Å²) in [6.45, 7) is 3.14. The molecule has 4 aromatic rings. The summed E-state index contributed by atoms with van der Waals surface area (Å²) in [6, 6.07) is 20.1. The third-order valence-electron chi connectivity index (χ3n) is 4.57. The van der Waals surface area contributed by atoms with Gasteiger partial charge in [-0.25, -0.2) is 14.8 Å². The number of imidazole rings is 1. The van der Waals surface area contributed by atoms with Crippen LogP contribution in [0, 0.1) is 0 Å². The third-order valence-corrected chi connectivity index (χ3v) is 5.75. The molecule has 0 aliphatic rings. The average Bonchev–Trinajstić information content (AvgIpc) is 3.00. The molecule has 142 valence electrons. The van der Waals surface area contributed by atoms with E-state index < -0.39 is 0 Å². The highest BCUT2D eigenvalue weighted by atomic mass is 32.2. The molecule has 0 aliphatic heterocycles. The van der Waals surface area contributed by atoms with Crippen molar-refractivity contribution in [2.24, 2.45) is 0 Å². The van der Waals surface area contributed by atoms with Gasteiger partial charge in [-0.2, -0.15) is 0 Å². The number of fused-ring (bicyclic) bond motifs is 1. The molecule has 0 N–H and O–H groups in total. The minimum absolute atomic E-state index is 0.0541. The van der Waals surface area contributed by atoms with Crippen molar-refractivity contribution in [3.63, 3.8) is 0 Å². The van der Waals surface area contributed by atoms with Crippen LogP contribution in [-0.2, 0) is 13.1 Å². The van der Waals surface area contributed by atoms with Crippen molar-refractivity contribution < 1.29 is 0 Å². The van der Waals surface area contributed by atoms with Gasteiger partial charge in [-0.1, -0.05) is 67.6 Å². The summed E-state index contributed by atoms with van der Waals surface area (Å²) in [6.07, 6.45) is 2.61. The first kappa shape index (κ1) is 18.5. The molecule has 2 aromatic heterocycles. The van der Waals surface area contributed by atoms with E-state index in [1.165, 1.54) is 0 Å². The van der Waals surface area contributed by atoms with Crippen molar-refractivity contribution in [2.45, 2.75) is 31.5 Å². The lowest BCUT2D eigenvalue weighted by Crippen LogP contribution is -2.25. The second-order valence-corrected chi connectivity index (χ2v) is 7.71. The lowest BCUT2D eigenvalue weighted by Gasteiger charge is -2.06. The Morgan fingerprint density at radius 1 is 0.857 bits per heavy atom. The van der Waals surface area contributed by atoms with Crippen LogP contribution in [0.15, 0.2) is 76.8 Å². The topological polar surface area (TPSA) is 52.7 Å². The number of nitrogens with zero attached hydrogens (tertiary/aromatic N) is 4. The lowest BCUT2D eigenvalue weighted by atomic mass is 10.2. The van der Waals surface area contributed by atoms with Gasteiger partial charge < -0.3 is 0 Å². The van der Waals surface area contributed by atoms with Gasteiger partial charge in [0.05, 0.1) is 13.1 Å². The fourth-order valence-corrected chi connectivity index (χ4v) is 4.10. The molecule has 0 saturated carbocycles. The standard InChI is InChI=1S/C22H22N4OS/c1-2-13-28-21-19-20(23-16-24-21)26(15-18-11-7-4-8-12-18)22(27)25(19)14-17-9-5-3-6-10-17/h3-12,16H,2,13-15H2,1H3. The molecular formula is C22H22N4OS. The van der Waals surface area contributed by atoms with E-state index in [0.717, 1.165) is 33.8 Å². The average molecular weight is 391 g/mol. The zero-order valence-electron chi connectivity index (χ0n) is 15.8. The molecule has 0 aliphatic carbocycles. The highest BCUT2D eigenvalue weighted by Crippen LogP contribution is 2.25. The Labute approximate surface area is 168 Å². The SMILES string of the molecule is CCCSc1ncnc2c1n(Cc1ccccc1)c(=O)n2Cc1ccccc1. The summed E-state index contributed by atoms with van der Waals surface area (Å²) in [5.41, 5.74) is 3.62. The zero-order valence-corrected chi connectivity index (χ0v) is 16.6. The van der Waals surface area contributed by atoms with Gasteiger partial charge in [-0.3, -0.25) is 9.13 Å². The van der Waals surface area contributed by atoms with Crippen LogP contribution in [0.4, 0.5) is 0 Å². The predicted molar refractivity (Wildman–Crippen MR) is 114 cm³/mol. The zero-order chi connectivity index (χ0) is 19.3. The van der Waals surface area contributed by atoms with Gasteiger partial charge >= 0.3 is 5.69 Å². The van der Waals surface area contributed by atoms with E-state index in [2.05, 4.69) is 16.9 Å². The predicted octanol–water partition coefficient (Wildman–Crippen LogP) is 4.19. The van der Waals surface area contributed by atoms with Gasteiger partial charge in [-0.15, -0.1) is 11.8 Å². The van der Waals surface area contributed by atoms with E-state index in [1.807, 2.05) is 65.2 Å². The van der Waals surface area contributed by atoms with Crippen molar-refractivity contribution in [3.8, 4) is 0 Å². The molecule has 0 fully saturated rings. The largest absolute Gasteiger partial charge is 0.331 e. The molecule has 0 unspecified atom stereocenters. The lowest BCUT2D eigenvalue weighted by molar-refractivity contribution is 0.697. The number of benzene rings is 2. The molecule has 5 nitrogen and oxygen atoms in total. The van der Waals surface area contributed by atoms with Crippen LogP contribution in [0.1, 0.15) is 24.5 Å². The first-order valence-electron chi connectivity index (χ1n) is 9.42. The first-order chi connectivity index (χ1) is 13.8. The molecule has 0 spiro atoms. The van der Waals surface area contributed by atoms with Gasteiger partial charge in [0, 0.05) is 0 Å². The fraction of sp³-hybridized carbons (Fsp3) is 0.227. The summed E-state index contributed by atoms with van der Waals surface area (Å²) < 4.78 is 3.57. The quantitative estimate of drug-likeness (QED) is 0.351. The van der Waals surface area contributed by atoms with Crippen molar-refractivity contribution in [2.75, 3.05) is 5.75 Å². The Kier molecular flexibility index (Phi) is 5.58. The molecule has 2 aromatic carbocycles. The summed E-state index contributed by atoms with van der Waals surface area (Å²) in [7, 11) is 0. The van der Waals surface area contributed by atoms with E-state index in [-0.39, 0.29) is 5.69 Å². The van der Waals surface area contributed by atoms with Crippen molar-refractivity contribution in [1.29, 1.82) is 0 Å². The number of aromatic nitrogens is 4. The number of rotatable bonds is 7. The van der Waals surface area contributed by atoms with Crippen LogP contribution in [0.3, 0.4) is 0 Å². The van der Waals surface area contributed by atoms with E-state index in [0.29, 0.717) is 18.7 Å². The van der Waals surface area contributed by atoms with Crippen molar-refractivity contribution >= 4 is 22.9 Å². The van der Waals surface area contributed by atoms with Gasteiger partial charge in [0.2, 0.25) is 0 Å².